The predicted molar refractivity (Wildman–Crippen MR) is 376 cm³/mol. The molecule has 0 aliphatic heterocycles. The van der Waals surface area contributed by atoms with Gasteiger partial charge in [0.2, 0.25) is 22.8 Å². The number of rotatable bonds is 8. The van der Waals surface area contributed by atoms with Crippen molar-refractivity contribution in [3.63, 3.8) is 0 Å². The van der Waals surface area contributed by atoms with E-state index in [2.05, 4.69) is 219 Å². The quantitative estimate of drug-likeness (QED) is 0.135. The van der Waals surface area contributed by atoms with Gasteiger partial charge in [0, 0.05) is 81.1 Å². The lowest BCUT2D eigenvalue weighted by Crippen LogP contribution is -2.31. The van der Waals surface area contributed by atoms with Gasteiger partial charge in [-0.05, 0) is 221 Å². The van der Waals surface area contributed by atoms with Crippen molar-refractivity contribution >= 4 is 0 Å². The van der Waals surface area contributed by atoms with Crippen molar-refractivity contribution in [3.05, 3.63) is 309 Å². The Hall–Kier alpha value is -9.64. The predicted octanol–water partition coefficient (Wildman–Crippen LogP) is 19.4. The third-order valence-electron chi connectivity index (χ3n) is 16.8. The Bertz CT molecular complexity index is 4830. The van der Waals surface area contributed by atoms with Crippen LogP contribution >= 0.6 is 0 Å². The number of hydrogen-bond acceptors (Lipinski definition) is 0. The molecule has 0 N–H and O–H groups in total. The number of nitrogens with zero attached hydrogens (tertiary/aromatic N) is 4. The number of benzene rings is 8. The molecule has 12 rings (SSSR count). The lowest BCUT2D eigenvalue weighted by molar-refractivity contribution is -0.660. The molecule has 0 radical (unpaired) electrons. The van der Waals surface area contributed by atoms with Crippen LogP contribution in [0.3, 0.4) is 0 Å². The molecule has 0 atom stereocenters. The molecule has 446 valence electrons. The van der Waals surface area contributed by atoms with Crippen molar-refractivity contribution in [3.8, 4) is 89.5 Å². The number of pyridine rings is 4. The van der Waals surface area contributed by atoms with Gasteiger partial charge in [0.05, 0.1) is 0 Å². The Morgan fingerprint density at radius 3 is 0.989 bits per heavy atom. The number of hydrogen-bond donors (Lipinski definition) is 0. The molecule has 0 aliphatic carbocycles. The van der Waals surface area contributed by atoms with Crippen molar-refractivity contribution in [2.45, 2.75) is 89.8 Å². The maximum absolute atomic E-state index is 7.71. The van der Waals surface area contributed by atoms with E-state index in [4.69, 9.17) is 12.3 Å². The van der Waals surface area contributed by atoms with Gasteiger partial charge in [0.15, 0.2) is 24.8 Å². The summed E-state index contributed by atoms with van der Waals surface area (Å²) in [4.78, 5) is 0. The Balaban J connectivity index is 0.000000153. The van der Waals surface area contributed by atoms with Gasteiger partial charge in [-0.3, -0.25) is 0 Å². The molecule has 0 fully saturated rings. The van der Waals surface area contributed by atoms with E-state index in [-0.39, 0.29) is 0 Å². The lowest BCUT2D eigenvalue weighted by Gasteiger charge is -2.12. The Kier molecular flexibility index (Phi) is 16.8. The van der Waals surface area contributed by atoms with E-state index in [9.17, 15) is 0 Å². The first-order chi connectivity index (χ1) is 46.3. The molecule has 0 amide bonds. The maximum atomic E-state index is 7.71. The van der Waals surface area contributed by atoms with Crippen LogP contribution in [-0.4, -0.2) is 0 Å². The van der Waals surface area contributed by atoms with Gasteiger partial charge < -0.3 is 0 Å². The molecule has 0 bridgehead atoms. The Labute approximate surface area is 545 Å². The smallest absolute Gasteiger partial charge is 0.201 e. The number of aromatic nitrogens is 4. The van der Waals surface area contributed by atoms with E-state index < -0.39 is 20.6 Å². The topological polar surface area (TPSA) is 15.5 Å². The van der Waals surface area contributed by atoms with Crippen molar-refractivity contribution in [2.75, 3.05) is 0 Å². The third-order valence-corrected chi connectivity index (χ3v) is 16.8. The summed E-state index contributed by atoms with van der Waals surface area (Å²) in [7, 11) is 7.81. The van der Waals surface area contributed by atoms with Gasteiger partial charge in [0.25, 0.3) is 0 Å². The highest BCUT2D eigenvalue weighted by molar-refractivity contribution is 5.78. The van der Waals surface area contributed by atoms with Gasteiger partial charge in [-0.25, -0.2) is 18.3 Å². The van der Waals surface area contributed by atoms with Crippen LogP contribution in [0, 0.1) is 89.8 Å². The summed E-state index contributed by atoms with van der Waals surface area (Å²) < 4.78 is 76.7. The van der Waals surface area contributed by atoms with Crippen molar-refractivity contribution in [1.29, 1.82) is 0 Å². The highest BCUT2D eigenvalue weighted by atomic mass is 14.9. The first-order valence-electron chi connectivity index (χ1n) is 34.9. The van der Waals surface area contributed by atoms with Crippen LogP contribution in [0.1, 0.15) is 84.7 Å². The Morgan fingerprint density at radius 1 is 0.213 bits per heavy atom. The fraction of sp³-hybridized carbons (Fsp3) is 0.200. The Morgan fingerprint density at radius 2 is 0.551 bits per heavy atom. The molecule has 4 aromatic heterocycles. The zero-order chi connectivity index (χ0) is 71.1. The minimum atomic E-state index is -2.09. The minimum Gasteiger partial charge on any atom is -0.201 e. The normalized spacial score (nSPS) is 12.7. The number of aryl methyl sites for hydroxylation is 17. The largest absolute Gasteiger partial charge is 0.212 e. The summed E-state index contributed by atoms with van der Waals surface area (Å²) in [5.74, 6) is 0. The second-order valence-electron chi connectivity index (χ2n) is 23.8. The molecule has 4 heteroatoms. The standard InChI is InChI=1S/C22H24N.3C21H22N/c1-15-13-22(23(5)14-18(15)4)21-12-16(2)20(11-17(21)3)19-9-7-6-8-10-19;1-15-13-21(22(4)14-17(15)3)20-11-10-19(12-16(20)2)18-8-6-5-7-9-18;1-15-10-11-21(22(4)14-15)20-13-16(2)19(12-17(20)3)18-8-6-5-7-9-18;1-15-10-11-21(22(4)14-15)20-13-19(16(2)12-17(20)3)18-8-6-5-7-9-18/h6-14H,1-5H3;3*5-14H,1-4H3/q4*+1/i4D3;3D3;1D3;. The fourth-order valence-electron chi connectivity index (χ4n) is 11.8. The average Bonchev–Trinajstić information content (AvgIpc) is 0.797. The molecule has 0 unspecified atom stereocenters. The summed E-state index contributed by atoms with van der Waals surface area (Å²) in [6, 6.07) is 73.4. The summed E-state index contributed by atoms with van der Waals surface area (Å²) in [6.45, 7) is 14.5. The van der Waals surface area contributed by atoms with Gasteiger partial charge in [-0.1, -0.05) is 152 Å². The van der Waals surface area contributed by atoms with Crippen LogP contribution < -0.4 is 18.3 Å². The van der Waals surface area contributed by atoms with Gasteiger partial charge in [-0.15, -0.1) is 0 Å². The zero-order valence-electron chi connectivity index (χ0n) is 63.3. The van der Waals surface area contributed by atoms with Crippen LogP contribution in [0.4, 0.5) is 0 Å². The SMILES string of the molecule is Cc1ccc(-c2cc(-c3ccccc3)c(C)cc2C)[n+](C)c1.[2H]C([2H])([2H])c1c[n+](C)c(-c2cc(C)c(-c3ccccc3)cc2C)cc1C.[2H]C([2H])([2H])c1c[n+](C)c(-c2ccc(-c3ccccc3)cc2C)cc1C.[2H]C([2H])([2H])c1ccc(-c2cc(C)c(-c3ccccc3)cc2C)[n+](C)c1. The molecular formula is C85H90N4+4. The monoisotopic (exact) mass is 1180 g/mol. The molecule has 89 heavy (non-hydrogen) atoms. The second kappa shape index (κ2) is 28.5. The van der Waals surface area contributed by atoms with E-state index in [1.807, 2.05) is 109 Å². The van der Waals surface area contributed by atoms with E-state index in [1.54, 1.807) is 24.7 Å². The summed E-state index contributed by atoms with van der Waals surface area (Å²) in [5, 5.41) is 0. The molecule has 0 saturated carbocycles. The summed E-state index contributed by atoms with van der Waals surface area (Å²) in [6.07, 6.45) is 7.33. The molecule has 8 aromatic carbocycles. The van der Waals surface area contributed by atoms with E-state index >= 15 is 0 Å². The minimum absolute atomic E-state index is 0.356. The highest BCUT2D eigenvalue weighted by Crippen LogP contribution is 2.35. The van der Waals surface area contributed by atoms with Crippen LogP contribution in [-0.2, 0) is 28.2 Å². The van der Waals surface area contributed by atoms with Gasteiger partial charge >= 0.3 is 0 Å². The van der Waals surface area contributed by atoms with Crippen molar-refractivity contribution in [2.24, 2.45) is 28.2 Å². The zero-order valence-corrected chi connectivity index (χ0v) is 54.3. The molecule has 4 nitrogen and oxygen atoms in total. The lowest BCUT2D eigenvalue weighted by atomic mass is 9.93. The van der Waals surface area contributed by atoms with E-state index in [0.29, 0.717) is 16.7 Å². The third kappa shape index (κ3) is 15.2. The van der Waals surface area contributed by atoms with Crippen LogP contribution in [0.5, 0.6) is 0 Å². The molecule has 0 saturated heterocycles. The highest BCUT2D eigenvalue weighted by Gasteiger charge is 2.20. The second-order valence-corrected chi connectivity index (χ2v) is 23.8. The first-order valence-corrected chi connectivity index (χ1v) is 30.4. The van der Waals surface area contributed by atoms with Crippen molar-refractivity contribution in [1.82, 2.24) is 0 Å². The molecule has 0 aliphatic rings. The van der Waals surface area contributed by atoms with Crippen LogP contribution in [0.2, 0.25) is 0 Å². The van der Waals surface area contributed by atoms with E-state index in [1.165, 1.54) is 94.7 Å². The first kappa shape index (κ1) is 52.5. The average molecular weight is 1180 g/mol. The van der Waals surface area contributed by atoms with E-state index in [0.717, 1.165) is 50.5 Å². The maximum Gasteiger partial charge on any atom is 0.212 e. The molecular weight excluding hydrogens is 1080 g/mol. The fourth-order valence-corrected chi connectivity index (χ4v) is 11.8. The van der Waals surface area contributed by atoms with Crippen LogP contribution in [0.25, 0.3) is 89.5 Å². The van der Waals surface area contributed by atoms with Crippen molar-refractivity contribution < 1.29 is 30.6 Å². The summed E-state index contributed by atoms with van der Waals surface area (Å²) >= 11 is 0. The van der Waals surface area contributed by atoms with Crippen LogP contribution in [0.15, 0.2) is 237 Å². The molecule has 0 spiro atoms. The summed E-state index contributed by atoms with van der Waals surface area (Å²) in [5.41, 5.74) is 31.3. The van der Waals surface area contributed by atoms with Gasteiger partial charge in [0.1, 0.15) is 28.2 Å². The molecule has 12 aromatic rings. The molecule has 4 heterocycles. The van der Waals surface area contributed by atoms with Gasteiger partial charge in [-0.2, -0.15) is 0 Å².